The number of ether oxygens (including phenoxy) is 2. The molecule has 0 amide bonds. The molecule has 5 nitrogen and oxygen atoms in total. The molecule has 0 aliphatic carbocycles. The van der Waals surface area contributed by atoms with Crippen LogP contribution in [0.4, 0.5) is 0 Å². The summed E-state index contributed by atoms with van der Waals surface area (Å²) in [4.78, 5) is 5.71. The average molecular weight is 404 g/mol. The predicted molar refractivity (Wildman–Crippen MR) is 114 cm³/mol. The van der Waals surface area contributed by atoms with Crippen LogP contribution in [0, 0.1) is 0 Å². The Morgan fingerprint density at radius 1 is 0.862 bits per heavy atom. The van der Waals surface area contributed by atoms with Gasteiger partial charge in [-0.15, -0.1) is 11.8 Å². The largest absolute Gasteiger partial charge is 0.493 e. The van der Waals surface area contributed by atoms with Crippen molar-refractivity contribution in [2.24, 2.45) is 0 Å². The Morgan fingerprint density at radius 3 is 2.41 bits per heavy atom. The topological polar surface area (TPSA) is 57.4 Å². The molecule has 0 unspecified atom stereocenters. The van der Waals surface area contributed by atoms with Crippen molar-refractivity contribution < 1.29 is 14.0 Å². The van der Waals surface area contributed by atoms with Crippen molar-refractivity contribution in [3.8, 4) is 34.3 Å². The monoisotopic (exact) mass is 404 g/mol. The molecule has 3 aromatic carbocycles. The lowest BCUT2D eigenvalue weighted by atomic mass is 10.2. The average Bonchev–Trinajstić information content (AvgIpc) is 3.28. The van der Waals surface area contributed by atoms with Gasteiger partial charge in [0.2, 0.25) is 5.82 Å². The molecule has 4 aromatic rings. The summed E-state index contributed by atoms with van der Waals surface area (Å²) in [6, 6.07) is 24.0. The minimum atomic E-state index is 0.492. The number of thioether (sulfide) groups is 1. The molecule has 0 spiro atoms. The van der Waals surface area contributed by atoms with Gasteiger partial charge in [0.25, 0.3) is 5.89 Å². The van der Waals surface area contributed by atoms with Crippen LogP contribution >= 0.6 is 11.8 Å². The SMILES string of the molecule is COc1ccc(-c2noc(-c3ccccc3SCc3ccccc3)n2)cc1OC. The van der Waals surface area contributed by atoms with Gasteiger partial charge >= 0.3 is 0 Å². The zero-order valence-corrected chi connectivity index (χ0v) is 17.0. The van der Waals surface area contributed by atoms with Crippen LogP contribution in [0.15, 0.2) is 82.2 Å². The van der Waals surface area contributed by atoms with Gasteiger partial charge in [-0.1, -0.05) is 47.6 Å². The number of aromatic nitrogens is 2. The van der Waals surface area contributed by atoms with E-state index in [1.165, 1.54) is 5.56 Å². The van der Waals surface area contributed by atoms with E-state index in [0.717, 1.165) is 21.8 Å². The zero-order valence-electron chi connectivity index (χ0n) is 16.2. The molecule has 146 valence electrons. The Kier molecular flexibility index (Phi) is 5.81. The molecule has 4 rings (SSSR count). The van der Waals surface area contributed by atoms with E-state index >= 15 is 0 Å². The molecule has 0 fully saturated rings. The van der Waals surface area contributed by atoms with Crippen molar-refractivity contribution in [2.45, 2.75) is 10.6 Å². The number of hydrogen-bond acceptors (Lipinski definition) is 6. The van der Waals surface area contributed by atoms with Gasteiger partial charge in [0, 0.05) is 16.2 Å². The first-order valence-corrected chi connectivity index (χ1v) is 10.1. The minimum absolute atomic E-state index is 0.492. The Labute approximate surface area is 173 Å². The third-order valence-electron chi connectivity index (χ3n) is 4.42. The van der Waals surface area contributed by atoms with Crippen molar-refractivity contribution in [3.63, 3.8) is 0 Å². The lowest BCUT2D eigenvalue weighted by Gasteiger charge is -2.07. The second-order valence-electron chi connectivity index (χ2n) is 6.26. The van der Waals surface area contributed by atoms with Crippen LogP contribution in [0.25, 0.3) is 22.8 Å². The van der Waals surface area contributed by atoms with E-state index < -0.39 is 0 Å². The standard InChI is InChI=1S/C23H20N2O3S/c1-26-19-13-12-17(14-20(19)27-2)22-24-23(28-25-22)18-10-6-7-11-21(18)29-15-16-8-4-3-5-9-16/h3-14H,15H2,1-2H3. The molecule has 0 atom stereocenters. The quantitative estimate of drug-likeness (QED) is 0.368. The van der Waals surface area contributed by atoms with Gasteiger partial charge in [0.1, 0.15) is 0 Å². The second kappa shape index (κ2) is 8.84. The van der Waals surface area contributed by atoms with E-state index in [1.54, 1.807) is 26.0 Å². The number of benzene rings is 3. The maximum absolute atomic E-state index is 5.58. The first-order chi connectivity index (χ1) is 14.3. The molecule has 0 bridgehead atoms. The van der Waals surface area contributed by atoms with Crippen molar-refractivity contribution in [1.29, 1.82) is 0 Å². The van der Waals surface area contributed by atoms with Crippen molar-refractivity contribution in [3.05, 3.63) is 78.4 Å². The van der Waals surface area contributed by atoms with Gasteiger partial charge < -0.3 is 14.0 Å². The Bertz CT molecular complexity index is 1100. The molecule has 0 aliphatic rings. The molecule has 29 heavy (non-hydrogen) atoms. The first-order valence-electron chi connectivity index (χ1n) is 9.10. The van der Waals surface area contributed by atoms with Crippen molar-refractivity contribution in [1.82, 2.24) is 10.1 Å². The fraction of sp³-hybridized carbons (Fsp3) is 0.130. The molecule has 0 radical (unpaired) electrons. The summed E-state index contributed by atoms with van der Waals surface area (Å²) in [6.07, 6.45) is 0. The Morgan fingerprint density at radius 2 is 1.62 bits per heavy atom. The van der Waals surface area contributed by atoms with Gasteiger partial charge in [-0.3, -0.25) is 0 Å². The highest BCUT2D eigenvalue weighted by atomic mass is 32.2. The summed E-state index contributed by atoms with van der Waals surface area (Å²) in [5.41, 5.74) is 2.99. The molecule has 6 heteroatoms. The van der Waals surface area contributed by atoms with Crippen LogP contribution in [0.2, 0.25) is 0 Å². The van der Waals surface area contributed by atoms with E-state index in [0.29, 0.717) is 23.2 Å². The highest BCUT2D eigenvalue weighted by Gasteiger charge is 2.16. The van der Waals surface area contributed by atoms with Crippen LogP contribution in [0.3, 0.4) is 0 Å². The lowest BCUT2D eigenvalue weighted by Crippen LogP contribution is -1.91. The van der Waals surface area contributed by atoms with E-state index in [2.05, 4.69) is 40.5 Å². The van der Waals surface area contributed by atoms with Gasteiger partial charge in [0.05, 0.1) is 19.8 Å². The van der Waals surface area contributed by atoms with Crippen LogP contribution in [-0.4, -0.2) is 24.4 Å². The third kappa shape index (κ3) is 4.27. The molecule has 1 aromatic heterocycles. The Balaban J connectivity index is 1.60. The van der Waals surface area contributed by atoms with Gasteiger partial charge in [-0.05, 0) is 35.9 Å². The highest BCUT2D eigenvalue weighted by Crippen LogP contribution is 2.35. The van der Waals surface area contributed by atoms with E-state index in [4.69, 9.17) is 14.0 Å². The smallest absolute Gasteiger partial charge is 0.259 e. The molecular weight excluding hydrogens is 384 g/mol. The summed E-state index contributed by atoms with van der Waals surface area (Å²) >= 11 is 1.75. The maximum atomic E-state index is 5.58. The van der Waals surface area contributed by atoms with Crippen LogP contribution < -0.4 is 9.47 Å². The van der Waals surface area contributed by atoms with Gasteiger partial charge in [-0.25, -0.2) is 0 Å². The molecular formula is C23H20N2O3S. The number of hydrogen-bond donors (Lipinski definition) is 0. The lowest BCUT2D eigenvalue weighted by molar-refractivity contribution is 0.355. The molecule has 0 aliphatic heterocycles. The van der Waals surface area contributed by atoms with Gasteiger partial charge in [-0.2, -0.15) is 4.98 Å². The van der Waals surface area contributed by atoms with Crippen LogP contribution in [0.1, 0.15) is 5.56 Å². The maximum Gasteiger partial charge on any atom is 0.259 e. The fourth-order valence-corrected chi connectivity index (χ4v) is 3.93. The van der Waals surface area contributed by atoms with Crippen LogP contribution in [0.5, 0.6) is 11.5 Å². The van der Waals surface area contributed by atoms with Crippen molar-refractivity contribution in [2.75, 3.05) is 14.2 Å². The molecule has 0 saturated carbocycles. The highest BCUT2D eigenvalue weighted by molar-refractivity contribution is 7.98. The molecule has 1 heterocycles. The second-order valence-corrected chi connectivity index (χ2v) is 7.28. The van der Waals surface area contributed by atoms with E-state index in [-0.39, 0.29) is 0 Å². The number of methoxy groups -OCH3 is 2. The zero-order chi connectivity index (χ0) is 20.1. The Hall–Kier alpha value is -3.25. The van der Waals surface area contributed by atoms with Crippen molar-refractivity contribution >= 4 is 11.8 Å². The summed E-state index contributed by atoms with van der Waals surface area (Å²) in [6.45, 7) is 0. The normalized spacial score (nSPS) is 10.7. The number of nitrogens with zero attached hydrogens (tertiary/aromatic N) is 2. The fourth-order valence-electron chi connectivity index (χ4n) is 2.93. The minimum Gasteiger partial charge on any atom is -0.493 e. The van der Waals surface area contributed by atoms with Crippen LogP contribution in [-0.2, 0) is 5.75 Å². The molecule has 0 N–H and O–H groups in total. The van der Waals surface area contributed by atoms with E-state index in [1.807, 2.05) is 42.5 Å². The summed E-state index contributed by atoms with van der Waals surface area (Å²) in [5.74, 6) is 3.14. The summed E-state index contributed by atoms with van der Waals surface area (Å²) < 4.78 is 16.2. The van der Waals surface area contributed by atoms with E-state index in [9.17, 15) is 0 Å². The summed E-state index contributed by atoms with van der Waals surface area (Å²) in [5, 5.41) is 4.16. The number of rotatable bonds is 7. The predicted octanol–water partition coefficient (Wildman–Crippen LogP) is 5.71. The van der Waals surface area contributed by atoms with Gasteiger partial charge in [0.15, 0.2) is 11.5 Å². The first kappa shape index (κ1) is 19.1. The molecule has 0 saturated heterocycles. The third-order valence-corrected chi connectivity index (χ3v) is 5.57. The summed E-state index contributed by atoms with van der Waals surface area (Å²) in [7, 11) is 3.21.